The number of carbonyl (C=O) groups is 1. The van der Waals surface area contributed by atoms with Gasteiger partial charge in [0.05, 0.1) is 24.3 Å². The maximum absolute atomic E-state index is 12.8. The van der Waals surface area contributed by atoms with Crippen LogP contribution in [0.3, 0.4) is 0 Å². The van der Waals surface area contributed by atoms with E-state index < -0.39 is 0 Å². The fourth-order valence-corrected chi connectivity index (χ4v) is 4.55. The van der Waals surface area contributed by atoms with Crippen LogP contribution in [0.4, 0.5) is 0 Å². The van der Waals surface area contributed by atoms with Crippen molar-refractivity contribution in [1.82, 2.24) is 19.2 Å². The first kappa shape index (κ1) is 18.3. The van der Waals surface area contributed by atoms with Crippen LogP contribution in [0.25, 0.3) is 5.82 Å². The summed E-state index contributed by atoms with van der Waals surface area (Å²) in [5, 5.41) is 4.90. The normalized spacial score (nSPS) is 18.1. The maximum atomic E-state index is 12.8. The van der Waals surface area contributed by atoms with Gasteiger partial charge in [0.15, 0.2) is 0 Å². The molecule has 27 heavy (non-hydrogen) atoms. The minimum Gasteiger partial charge on any atom is -0.332 e. The summed E-state index contributed by atoms with van der Waals surface area (Å²) < 4.78 is 4.24. The molecule has 1 aliphatic heterocycles. The lowest BCUT2D eigenvalue weighted by Crippen LogP contribution is -2.29. The second kappa shape index (κ2) is 7.17. The molecule has 0 bridgehead atoms. The molecule has 1 aliphatic carbocycles. The topological polar surface area (TPSA) is 43.1 Å². The average Bonchev–Trinajstić information content (AvgIpc) is 3.34. The van der Waals surface area contributed by atoms with Gasteiger partial charge in [-0.3, -0.25) is 4.79 Å². The average molecular weight is 369 g/mol. The van der Waals surface area contributed by atoms with E-state index in [9.17, 15) is 4.79 Å². The van der Waals surface area contributed by atoms with Crippen LogP contribution in [-0.4, -0.2) is 25.2 Å². The number of amides is 1. The summed E-state index contributed by atoms with van der Waals surface area (Å²) in [7, 11) is 0. The quantitative estimate of drug-likeness (QED) is 0.789. The first-order valence-corrected chi connectivity index (χ1v) is 10.5. The summed E-state index contributed by atoms with van der Waals surface area (Å²) in [6, 6.07) is 4.07. The zero-order chi connectivity index (χ0) is 19.0. The van der Waals surface area contributed by atoms with Crippen molar-refractivity contribution in [2.45, 2.75) is 84.3 Å². The molecule has 0 unspecified atom stereocenters. The van der Waals surface area contributed by atoms with Crippen molar-refractivity contribution in [2.75, 3.05) is 0 Å². The number of hydrogen-bond donors (Lipinski definition) is 0. The van der Waals surface area contributed by atoms with Gasteiger partial charge >= 0.3 is 0 Å². The molecule has 1 saturated carbocycles. The highest BCUT2D eigenvalue weighted by atomic mass is 16.2. The Labute approximate surface area is 162 Å². The summed E-state index contributed by atoms with van der Waals surface area (Å²) in [6.45, 7) is 7.86. The molecule has 0 saturated heterocycles. The highest BCUT2D eigenvalue weighted by Crippen LogP contribution is 2.33. The van der Waals surface area contributed by atoms with E-state index in [4.69, 9.17) is 5.10 Å². The highest BCUT2D eigenvalue weighted by Gasteiger charge is 2.33. The molecule has 5 heteroatoms. The molecular formula is C22H32N4O. The first-order valence-electron chi connectivity index (χ1n) is 10.5. The second-order valence-corrected chi connectivity index (χ2v) is 9.21. The van der Waals surface area contributed by atoms with Gasteiger partial charge in [0.25, 0.3) is 0 Å². The van der Waals surface area contributed by atoms with Crippen molar-refractivity contribution in [3.05, 3.63) is 35.8 Å². The number of carbonyl (C=O) groups excluding carboxylic acids is 1. The highest BCUT2D eigenvalue weighted by molar-refractivity contribution is 5.77. The van der Waals surface area contributed by atoms with Gasteiger partial charge in [-0.15, -0.1) is 0 Å². The van der Waals surface area contributed by atoms with Gasteiger partial charge in [-0.1, -0.05) is 32.1 Å². The van der Waals surface area contributed by atoms with Crippen molar-refractivity contribution in [2.24, 2.45) is 5.92 Å². The summed E-state index contributed by atoms with van der Waals surface area (Å²) in [5.41, 5.74) is 2.16. The minimum absolute atomic E-state index is 0.0975. The van der Waals surface area contributed by atoms with Gasteiger partial charge < -0.3 is 9.47 Å². The summed E-state index contributed by atoms with van der Waals surface area (Å²) in [5.74, 6) is 2.15. The number of nitrogens with zero attached hydrogens (tertiary/aromatic N) is 4. The Kier molecular flexibility index (Phi) is 4.87. The summed E-state index contributed by atoms with van der Waals surface area (Å²) >= 11 is 0. The maximum Gasteiger partial charge on any atom is 0.223 e. The van der Waals surface area contributed by atoms with Crippen LogP contribution in [0.15, 0.2) is 24.5 Å². The zero-order valence-corrected chi connectivity index (χ0v) is 16.9. The van der Waals surface area contributed by atoms with E-state index in [2.05, 4.69) is 42.4 Å². The molecule has 2 aromatic rings. The van der Waals surface area contributed by atoms with Crippen molar-refractivity contribution in [3.63, 3.8) is 0 Å². The lowest BCUT2D eigenvalue weighted by Gasteiger charge is -2.25. The molecule has 146 valence electrons. The van der Waals surface area contributed by atoms with Crippen LogP contribution in [0.1, 0.15) is 77.0 Å². The molecule has 4 rings (SSSR count). The number of hydrogen-bond acceptors (Lipinski definition) is 2. The van der Waals surface area contributed by atoms with E-state index >= 15 is 0 Å². The van der Waals surface area contributed by atoms with Gasteiger partial charge in [0, 0.05) is 24.4 Å². The van der Waals surface area contributed by atoms with Crippen molar-refractivity contribution in [1.29, 1.82) is 0 Å². The molecule has 0 radical (unpaired) electrons. The number of aromatic nitrogens is 3. The van der Waals surface area contributed by atoms with Crippen molar-refractivity contribution < 1.29 is 4.79 Å². The Morgan fingerprint density at radius 2 is 1.81 bits per heavy atom. The molecule has 0 N–H and O–H groups in total. The molecule has 2 aromatic heterocycles. The zero-order valence-electron chi connectivity index (χ0n) is 16.9. The summed E-state index contributed by atoms with van der Waals surface area (Å²) in [4.78, 5) is 14.8. The molecular weight excluding hydrogens is 336 g/mol. The van der Waals surface area contributed by atoms with E-state index in [-0.39, 0.29) is 5.54 Å². The fraction of sp³-hybridized carbons (Fsp3) is 0.636. The Balaban J connectivity index is 1.49. The predicted molar refractivity (Wildman–Crippen MR) is 107 cm³/mol. The van der Waals surface area contributed by atoms with Crippen LogP contribution in [0, 0.1) is 5.92 Å². The van der Waals surface area contributed by atoms with E-state index in [0.29, 0.717) is 25.4 Å². The van der Waals surface area contributed by atoms with Gasteiger partial charge in [-0.25, -0.2) is 4.68 Å². The lowest BCUT2D eigenvalue weighted by atomic mass is 9.86. The van der Waals surface area contributed by atoms with E-state index in [0.717, 1.165) is 23.9 Å². The van der Waals surface area contributed by atoms with Crippen LogP contribution >= 0.6 is 0 Å². The monoisotopic (exact) mass is 368 g/mol. The molecule has 3 heterocycles. The van der Waals surface area contributed by atoms with Crippen LogP contribution in [0.2, 0.25) is 0 Å². The SMILES string of the molecule is CC(C)(C)n1nc2c(c1-n1cccc1)CN(C(=O)CCC1CCCCC1)C2. The Morgan fingerprint density at radius 1 is 1.11 bits per heavy atom. The van der Waals surface area contributed by atoms with E-state index in [1.165, 1.54) is 37.7 Å². The minimum atomic E-state index is -0.0975. The largest absolute Gasteiger partial charge is 0.332 e. The third kappa shape index (κ3) is 3.69. The van der Waals surface area contributed by atoms with Crippen LogP contribution in [-0.2, 0) is 23.4 Å². The van der Waals surface area contributed by atoms with E-state index in [1.807, 2.05) is 17.0 Å². The Bertz CT molecular complexity index is 791. The Hall–Kier alpha value is -2.04. The molecule has 1 fully saturated rings. The van der Waals surface area contributed by atoms with Gasteiger partial charge in [-0.05, 0) is 45.2 Å². The van der Waals surface area contributed by atoms with Crippen molar-refractivity contribution in [3.8, 4) is 5.82 Å². The van der Waals surface area contributed by atoms with Crippen molar-refractivity contribution >= 4 is 5.91 Å². The van der Waals surface area contributed by atoms with Gasteiger partial charge in [-0.2, -0.15) is 5.10 Å². The first-order chi connectivity index (χ1) is 12.9. The lowest BCUT2D eigenvalue weighted by molar-refractivity contribution is -0.132. The Morgan fingerprint density at radius 3 is 2.48 bits per heavy atom. The van der Waals surface area contributed by atoms with Crippen LogP contribution < -0.4 is 0 Å². The summed E-state index contributed by atoms with van der Waals surface area (Å²) in [6.07, 6.45) is 12.5. The molecule has 0 spiro atoms. The number of rotatable bonds is 4. The van der Waals surface area contributed by atoms with Gasteiger partial charge in [0.2, 0.25) is 5.91 Å². The smallest absolute Gasteiger partial charge is 0.223 e. The standard InChI is InChI=1S/C22H32N4O/c1-22(2,3)26-21(24-13-7-8-14-24)18-15-25(16-19(18)23-26)20(27)12-11-17-9-5-4-6-10-17/h7-8,13-14,17H,4-6,9-12,15-16H2,1-3H3. The number of fused-ring (bicyclic) bond motifs is 1. The fourth-order valence-electron chi connectivity index (χ4n) is 4.55. The predicted octanol–water partition coefficient (Wildman–Crippen LogP) is 4.63. The molecule has 0 atom stereocenters. The third-order valence-corrected chi connectivity index (χ3v) is 6.06. The molecule has 2 aliphatic rings. The molecule has 0 aromatic carbocycles. The molecule has 5 nitrogen and oxygen atoms in total. The van der Waals surface area contributed by atoms with E-state index in [1.54, 1.807) is 0 Å². The third-order valence-electron chi connectivity index (χ3n) is 6.06. The van der Waals surface area contributed by atoms with Gasteiger partial charge in [0.1, 0.15) is 5.82 Å². The molecule has 1 amide bonds. The second-order valence-electron chi connectivity index (χ2n) is 9.21. The van der Waals surface area contributed by atoms with Crippen LogP contribution in [0.5, 0.6) is 0 Å².